The second-order valence-corrected chi connectivity index (χ2v) is 9.59. The second-order valence-electron chi connectivity index (χ2n) is 9.59. The van der Waals surface area contributed by atoms with E-state index in [9.17, 15) is 0 Å². The molecule has 0 saturated heterocycles. The van der Waals surface area contributed by atoms with Crippen LogP contribution in [-0.4, -0.2) is 23.1 Å². The molecule has 2 aliphatic carbocycles. The quantitative estimate of drug-likeness (QED) is 0.400. The van der Waals surface area contributed by atoms with E-state index < -0.39 is 0 Å². The minimum Gasteiger partial charge on any atom is -0.497 e. The van der Waals surface area contributed by atoms with Crippen LogP contribution >= 0.6 is 0 Å². The van der Waals surface area contributed by atoms with Gasteiger partial charge in [-0.2, -0.15) is 10.2 Å². The summed E-state index contributed by atoms with van der Waals surface area (Å²) in [6.07, 6.45) is 8.78. The number of nitrogens with zero attached hydrogens (tertiary/aromatic N) is 3. The average molecular weight is 427 g/mol. The third-order valence-electron chi connectivity index (χ3n) is 7.78. The topological polar surface area (TPSA) is 51.4 Å². The molecule has 5 nitrogen and oxygen atoms in total. The lowest BCUT2D eigenvalue weighted by atomic mass is 9.69. The summed E-state index contributed by atoms with van der Waals surface area (Å²) in [6.45, 7) is 7.13. The lowest BCUT2D eigenvalue weighted by Crippen LogP contribution is -2.33. The summed E-state index contributed by atoms with van der Waals surface area (Å²) >= 11 is 0. The molecule has 1 fully saturated rings. The highest BCUT2D eigenvalue weighted by molar-refractivity contribution is 5.88. The highest BCUT2D eigenvalue weighted by Crippen LogP contribution is 2.64. The Morgan fingerprint density at radius 2 is 1.84 bits per heavy atom. The van der Waals surface area contributed by atoms with Crippen molar-refractivity contribution in [3.63, 3.8) is 0 Å². The van der Waals surface area contributed by atoms with Crippen molar-refractivity contribution in [2.45, 2.75) is 33.6 Å². The zero-order valence-corrected chi connectivity index (χ0v) is 19.2. The van der Waals surface area contributed by atoms with E-state index in [-0.39, 0.29) is 10.8 Å². The van der Waals surface area contributed by atoms with Gasteiger partial charge in [-0.15, -0.1) is 0 Å². The fourth-order valence-electron chi connectivity index (χ4n) is 5.19. The van der Waals surface area contributed by atoms with Gasteiger partial charge in [0.15, 0.2) is 0 Å². The molecule has 5 rings (SSSR count). The summed E-state index contributed by atoms with van der Waals surface area (Å²) in [5, 5.41) is 9.53. The van der Waals surface area contributed by atoms with Gasteiger partial charge in [-0.3, -0.25) is 5.43 Å². The van der Waals surface area contributed by atoms with Gasteiger partial charge in [0.25, 0.3) is 0 Å². The molecule has 32 heavy (non-hydrogen) atoms. The Hall–Kier alpha value is -3.34. The van der Waals surface area contributed by atoms with Crippen LogP contribution in [0.4, 0.5) is 0 Å². The molecule has 3 aromatic rings. The molecule has 1 N–H and O–H groups in total. The van der Waals surface area contributed by atoms with Crippen molar-refractivity contribution in [3.8, 4) is 22.7 Å². The molecule has 5 heteroatoms. The van der Waals surface area contributed by atoms with Crippen LogP contribution in [-0.2, 0) is 0 Å². The number of nitrogens with one attached hydrogen (secondary N) is 1. The standard InChI is InChI=1S/C27H30N4O/c1-26(2)21-14-15-27(26,3)24(16-21)29-28-17-20-18-31(22-8-6-5-7-9-22)30-25(20)19-10-12-23(32-4)13-11-19/h5-13,16-18,21,29H,14-15H2,1-4H3/b28-17-/t21-,27+/m1/s1. The summed E-state index contributed by atoms with van der Waals surface area (Å²) in [4.78, 5) is 0. The van der Waals surface area contributed by atoms with Gasteiger partial charge in [0.1, 0.15) is 11.4 Å². The predicted octanol–water partition coefficient (Wildman–Crippen LogP) is 5.81. The van der Waals surface area contributed by atoms with Gasteiger partial charge < -0.3 is 4.74 Å². The summed E-state index contributed by atoms with van der Waals surface area (Å²) in [7, 11) is 1.68. The zero-order chi connectivity index (χ0) is 22.3. The van der Waals surface area contributed by atoms with Crippen LogP contribution in [0.25, 0.3) is 16.9 Å². The van der Waals surface area contributed by atoms with Gasteiger partial charge in [-0.05, 0) is 60.6 Å². The number of benzene rings is 2. The van der Waals surface area contributed by atoms with Gasteiger partial charge >= 0.3 is 0 Å². The lowest BCUT2D eigenvalue weighted by Gasteiger charge is -2.36. The normalized spacial score (nSPS) is 23.5. The van der Waals surface area contributed by atoms with Gasteiger partial charge in [-0.25, -0.2) is 4.68 Å². The maximum Gasteiger partial charge on any atom is 0.118 e. The largest absolute Gasteiger partial charge is 0.497 e. The molecule has 1 saturated carbocycles. The first-order valence-corrected chi connectivity index (χ1v) is 11.2. The maximum atomic E-state index is 5.31. The summed E-state index contributed by atoms with van der Waals surface area (Å²) < 4.78 is 7.22. The van der Waals surface area contributed by atoms with E-state index in [2.05, 4.69) is 37.4 Å². The first-order valence-electron chi connectivity index (χ1n) is 11.2. The molecule has 0 aliphatic heterocycles. The van der Waals surface area contributed by atoms with Crippen molar-refractivity contribution in [1.82, 2.24) is 15.2 Å². The summed E-state index contributed by atoms with van der Waals surface area (Å²) in [5.74, 6) is 1.45. The third kappa shape index (κ3) is 3.24. The minimum absolute atomic E-state index is 0.155. The molecule has 164 valence electrons. The van der Waals surface area contributed by atoms with E-state index in [1.54, 1.807) is 7.11 Å². The number of aromatic nitrogens is 2. The van der Waals surface area contributed by atoms with Crippen molar-refractivity contribution in [3.05, 3.63) is 78.1 Å². The molecule has 2 bridgehead atoms. The molecule has 2 atom stereocenters. The molecular weight excluding hydrogens is 396 g/mol. The molecule has 0 amide bonds. The maximum absolute atomic E-state index is 5.31. The second kappa shape index (κ2) is 7.66. The Kier molecular flexibility index (Phi) is 4.92. The molecular formula is C27H30N4O. The smallest absolute Gasteiger partial charge is 0.118 e. The monoisotopic (exact) mass is 426 g/mol. The lowest BCUT2D eigenvalue weighted by molar-refractivity contribution is 0.164. The van der Waals surface area contributed by atoms with Crippen LogP contribution in [0.2, 0.25) is 0 Å². The number of fused-ring (bicyclic) bond motifs is 2. The molecule has 2 aliphatic rings. The predicted molar refractivity (Wildman–Crippen MR) is 129 cm³/mol. The molecule has 1 aromatic heterocycles. The Labute approximate surface area is 189 Å². The van der Waals surface area contributed by atoms with Gasteiger partial charge in [0.2, 0.25) is 0 Å². The van der Waals surface area contributed by atoms with E-state index in [1.807, 2.05) is 71.7 Å². The van der Waals surface area contributed by atoms with Crippen molar-refractivity contribution in [2.75, 3.05) is 7.11 Å². The van der Waals surface area contributed by atoms with Gasteiger partial charge in [0.05, 0.1) is 19.0 Å². The first kappa shape index (κ1) is 20.6. The average Bonchev–Trinajstić information content (AvgIpc) is 3.39. The Morgan fingerprint density at radius 3 is 2.47 bits per heavy atom. The van der Waals surface area contributed by atoms with Crippen molar-refractivity contribution >= 4 is 6.21 Å². The Bertz CT molecular complexity index is 1170. The van der Waals surface area contributed by atoms with E-state index >= 15 is 0 Å². The number of rotatable bonds is 6. The summed E-state index contributed by atoms with van der Waals surface area (Å²) in [5.41, 5.74) is 8.93. The van der Waals surface area contributed by atoms with E-state index in [1.165, 1.54) is 18.5 Å². The SMILES string of the molecule is COc1ccc(-c2nn(-c3ccccc3)cc2/C=N\NC2=C[C@H]3CC[C@]2(C)C3(C)C)cc1. The molecule has 0 unspecified atom stereocenters. The molecule has 1 heterocycles. The fourth-order valence-corrected chi connectivity index (χ4v) is 5.19. The number of hydrogen-bond donors (Lipinski definition) is 1. The Morgan fingerprint density at radius 1 is 1.09 bits per heavy atom. The van der Waals surface area contributed by atoms with Crippen molar-refractivity contribution in [1.29, 1.82) is 0 Å². The van der Waals surface area contributed by atoms with Crippen molar-refractivity contribution in [2.24, 2.45) is 21.8 Å². The zero-order valence-electron chi connectivity index (χ0n) is 19.2. The molecule has 0 radical (unpaired) electrons. The third-order valence-corrected chi connectivity index (χ3v) is 7.78. The van der Waals surface area contributed by atoms with Crippen LogP contribution in [0.3, 0.4) is 0 Å². The van der Waals surface area contributed by atoms with Crippen LogP contribution < -0.4 is 10.2 Å². The highest BCUT2D eigenvalue weighted by Gasteiger charge is 2.57. The van der Waals surface area contributed by atoms with E-state index in [0.29, 0.717) is 5.92 Å². The van der Waals surface area contributed by atoms with Crippen LogP contribution in [0.1, 0.15) is 39.2 Å². The van der Waals surface area contributed by atoms with E-state index in [0.717, 1.165) is 28.3 Å². The van der Waals surface area contributed by atoms with E-state index in [4.69, 9.17) is 9.84 Å². The number of hydrazone groups is 1. The molecule has 0 spiro atoms. The Balaban J connectivity index is 1.46. The highest BCUT2D eigenvalue weighted by atomic mass is 16.5. The summed E-state index contributed by atoms with van der Waals surface area (Å²) in [6, 6.07) is 18.1. The van der Waals surface area contributed by atoms with Crippen LogP contribution in [0.5, 0.6) is 5.75 Å². The molecule has 2 aromatic carbocycles. The minimum atomic E-state index is 0.155. The van der Waals surface area contributed by atoms with Gasteiger partial charge in [-0.1, -0.05) is 45.0 Å². The number of hydrogen-bond acceptors (Lipinski definition) is 4. The number of ether oxygens (including phenoxy) is 1. The number of methoxy groups -OCH3 is 1. The van der Waals surface area contributed by atoms with Gasteiger partial charge in [0, 0.05) is 28.4 Å². The fraction of sp³-hybridized carbons (Fsp3) is 0.333. The van der Waals surface area contributed by atoms with Crippen LogP contribution in [0, 0.1) is 16.7 Å². The number of para-hydroxylation sites is 1. The first-order chi connectivity index (χ1) is 15.4. The van der Waals surface area contributed by atoms with Crippen LogP contribution in [0.15, 0.2) is 77.7 Å². The van der Waals surface area contributed by atoms with Crippen molar-refractivity contribution < 1.29 is 4.74 Å². The number of allylic oxidation sites excluding steroid dienone is 2.